The minimum atomic E-state index is 0.682. The van der Waals surface area contributed by atoms with Crippen LogP contribution < -0.4 is 5.32 Å². The Hall–Kier alpha value is -0.870. The van der Waals surface area contributed by atoms with Crippen molar-refractivity contribution in [3.8, 4) is 0 Å². The van der Waals surface area contributed by atoms with E-state index in [1.165, 1.54) is 25.8 Å². The quantitative estimate of drug-likeness (QED) is 0.742. The Labute approximate surface area is 97.0 Å². The Morgan fingerprint density at radius 3 is 3.12 bits per heavy atom. The normalized spacial score (nSPS) is 21.1. The summed E-state index contributed by atoms with van der Waals surface area (Å²) in [7, 11) is 0. The molecule has 1 fully saturated rings. The van der Waals surface area contributed by atoms with E-state index in [9.17, 15) is 0 Å². The SMILES string of the molecule is c1cn(CCOCCC2CCCCN2)cn1. The minimum absolute atomic E-state index is 0.682. The van der Waals surface area contributed by atoms with E-state index in [1.54, 1.807) is 6.20 Å². The first-order valence-electron chi connectivity index (χ1n) is 6.22. The zero-order chi connectivity index (χ0) is 11.1. The maximum Gasteiger partial charge on any atom is 0.0946 e. The third-order valence-corrected chi connectivity index (χ3v) is 3.08. The van der Waals surface area contributed by atoms with Crippen LogP contribution in [-0.2, 0) is 11.3 Å². The average Bonchev–Trinajstić information content (AvgIpc) is 2.83. The van der Waals surface area contributed by atoms with Gasteiger partial charge in [-0.05, 0) is 25.8 Å². The van der Waals surface area contributed by atoms with Crippen LogP contribution in [0.1, 0.15) is 25.7 Å². The van der Waals surface area contributed by atoms with E-state index in [4.69, 9.17) is 4.74 Å². The zero-order valence-corrected chi connectivity index (χ0v) is 9.77. The summed E-state index contributed by atoms with van der Waals surface area (Å²) in [6.45, 7) is 3.73. The summed E-state index contributed by atoms with van der Waals surface area (Å²) in [6, 6.07) is 0.682. The number of hydrogen-bond acceptors (Lipinski definition) is 3. The van der Waals surface area contributed by atoms with Crippen molar-refractivity contribution in [1.82, 2.24) is 14.9 Å². The van der Waals surface area contributed by atoms with Crippen LogP contribution in [0.15, 0.2) is 18.7 Å². The Kier molecular flexibility index (Phi) is 4.83. The molecule has 0 aromatic carbocycles. The maximum atomic E-state index is 5.62. The summed E-state index contributed by atoms with van der Waals surface area (Å²) >= 11 is 0. The second-order valence-corrected chi connectivity index (χ2v) is 4.35. The molecule has 1 atom stereocenters. The molecule has 0 amide bonds. The lowest BCUT2D eigenvalue weighted by molar-refractivity contribution is 0.114. The van der Waals surface area contributed by atoms with Gasteiger partial charge in [-0.2, -0.15) is 0 Å². The van der Waals surface area contributed by atoms with Gasteiger partial charge in [0.05, 0.1) is 12.9 Å². The lowest BCUT2D eigenvalue weighted by Crippen LogP contribution is -2.34. The van der Waals surface area contributed by atoms with Crippen molar-refractivity contribution in [3.63, 3.8) is 0 Å². The Balaban J connectivity index is 1.48. The summed E-state index contributed by atoms with van der Waals surface area (Å²) < 4.78 is 7.66. The highest BCUT2D eigenvalue weighted by Crippen LogP contribution is 2.09. The van der Waals surface area contributed by atoms with Gasteiger partial charge in [0.2, 0.25) is 0 Å². The van der Waals surface area contributed by atoms with E-state index in [0.717, 1.165) is 26.2 Å². The predicted octanol–water partition coefficient (Wildman–Crippen LogP) is 1.43. The maximum absolute atomic E-state index is 5.62. The van der Waals surface area contributed by atoms with Crippen molar-refractivity contribution in [1.29, 1.82) is 0 Å². The number of piperidine rings is 1. The summed E-state index contributed by atoms with van der Waals surface area (Å²) in [6.07, 6.45) is 10.7. The highest BCUT2D eigenvalue weighted by molar-refractivity contribution is 4.74. The highest BCUT2D eigenvalue weighted by atomic mass is 16.5. The van der Waals surface area contributed by atoms with Crippen LogP contribution in [0, 0.1) is 0 Å². The number of rotatable bonds is 6. The van der Waals surface area contributed by atoms with Gasteiger partial charge in [-0.3, -0.25) is 0 Å². The topological polar surface area (TPSA) is 39.1 Å². The standard InChI is InChI=1S/C12H21N3O/c1-2-5-14-12(3-1)4-9-16-10-8-15-7-6-13-11-15/h6-7,11-12,14H,1-5,8-10H2. The number of nitrogens with one attached hydrogen (secondary N) is 1. The molecule has 0 radical (unpaired) electrons. The van der Waals surface area contributed by atoms with Gasteiger partial charge in [-0.25, -0.2) is 4.98 Å². The van der Waals surface area contributed by atoms with Crippen LogP contribution in [0.4, 0.5) is 0 Å². The van der Waals surface area contributed by atoms with E-state index < -0.39 is 0 Å². The molecule has 4 heteroatoms. The molecule has 0 aliphatic carbocycles. The number of ether oxygens (including phenoxy) is 1. The molecule has 0 spiro atoms. The fourth-order valence-electron chi connectivity index (χ4n) is 2.09. The molecular formula is C12H21N3O. The smallest absolute Gasteiger partial charge is 0.0946 e. The highest BCUT2D eigenvalue weighted by Gasteiger charge is 2.11. The van der Waals surface area contributed by atoms with Gasteiger partial charge in [0.25, 0.3) is 0 Å². The monoisotopic (exact) mass is 223 g/mol. The van der Waals surface area contributed by atoms with Crippen molar-refractivity contribution >= 4 is 0 Å². The lowest BCUT2D eigenvalue weighted by atomic mass is 10.0. The van der Waals surface area contributed by atoms with Gasteiger partial charge in [0.15, 0.2) is 0 Å². The molecular weight excluding hydrogens is 202 g/mol. The Morgan fingerprint density at radius 2 is 2.38 bits per heavy atom. The van der Waals surface area contributed by atoms with Crippen molar-refractivity contribution in [3.05, 3.63) is 18.7 Å². The number of imidazole rings is 1. The molecule has 16 heavy (non-hydrogen) atoms. The molecule has 1 aliphatic rings. The number of aromatic nitrogens is 2. The van der Waals surface area contributed by atoms with Crippen LogP contribution >= 0.6 is 0 Å². The summed E-state index contributed by atoms with van der Waals surface area (Å²) in [5.41, 5.74) is 0. The van der Waals surface area contributed by atoms with Crippen LogP contribution in [0.5, 0.6) is 0 Å². The van der Waals surface area contributed by atoms with E-state index in [0.29, 0.717) is 6.04 Å². The van der Waals surface area contributed by atoms with Gasteiger partial charge in [0, 0.05) is 31.6 Å². The summed E-state index contributed by atoms with van der Waals surface area (Å²) in [5, 5.41) is 3.53. The van der Waals surface area contributed by atoms with Crippen molar-refractivity contribution in [2.45, 2.75) is 38.3 Å². The molecule has 1 unspecified atom stereocenters. The van der Waals surface area contributed by atoms with E-state index >= 15 is 0 Å². The Bertz CT molecular complexity index is 268. The second-order valence-electron chi connectivity index (χ2n) is 4.35. The first-order valence-corrected chi connectivity index (χ1v) is 6.22. The molecule has 1 aromatic rings. The number of hydrogen-bond donors (Lipinski definition) is 1. The molecule has 1 aromatic heterocycles. The van der Waals surface area contributed by atoms with Gasteiger partial charge >= 0.3 is 0 Å². The predicted molar refractivity (Wildman–Crippen MR) is 63.3 cm³/mol. The Morgan fingerprint density at radius 1 is 1.38 bits per heavy atom. The third-order valence-electron chi connectivity index (χ3n) is 3.08. The van der Waals surface area contributed by atoms with Gasteiger partial charge in [-0.15, -0.1) is 0 Å². The summed E-state index contributed by atoms with van der Waals surface area (Å²) in [4.78, 5) is 3.99. The second kappa shape index (κ2) is 6.66. The van der Waals surface area contributed by atoms with E-state index in [1.807, 2.05) is 17.1 Å². The molecule has 4 nitrogen and oxygen atoms in total. The molecule has 2 rings (SSSR count). The fourth-order valence-corrected chi connectivity index (χ4v) is 2.09. The largest absolute Gasteiger partial charge is 0.380 e. The molecule has 0 saturated carbocycles. The van der Waals surface area contributed by atoms with Gasteiger partial charge < -0.3 is 14.6 Å². The van der Waals surface area contributed by atoms with Crippen molar-refractivity contribution in [2.75, 3.05) is 19.8 Å². The van der Waals surface area contributed by atoms with Crippen molar-refractivity contribution in [2.24, 2.45) is 0 Å². The van der Waals surface area contributed by atoms with Crippen LogP contribution in [0.3, 0.4) is 0 Å². The summed E-state index contributed by atoms with van der Waals surface area (Å²) in [5.74, 6) is 0. The zero-order valence-electron chi connectivity index (χ0n) is 9.77. The lowest BCUT2D eigenvalue weighted by Gasteiger charge is -2.23. The average molecular weight is 223 g/mol. The van der Waals surface area contributed by atoms with Gasteiger partial charge in [0.1, 0.15) is 0 Å². The molecule has 0 bridgehead atoms. The van der Waals surface area contributed by atoms with E-state index in [-0.39, 0.29) is 0 Å². The van der Waals surface area contributed by atoms with Gasteiger partial charge in [-0.1, -0.05) is 6.42 Å². The van der Waals surface area contributed by atoms with Crippen molar-refractivity contribution < 1.29 is 4.74 Å². The molecule has 1 aliphatic heterocycles. The number of nitrogens with zero attached hydrogens (tertiary/aromatic N) is 2. The van der Waals surface area contributed by atoms with E-state index in [2.05, 4.69) is 10.3 Å². The molecule has 1 saturated heterocycles. The van der Waals surface area contributed by atoms with Crippen LogP contribution in [-0.4, -0.2) is 35.4 Å². The first kappa shape index (κ1) is 11.6. The van der Waals surface area contributed by atoms with Crippen LogP contribution in [0.25, 0.3) is 0 Å². The minimum Gasteiger partial charge on any atom is -0.380 e. The fraction of sp³-hybridized carbons (Fsp3) is 0.750. The third kappa shape index (κ3) is 3.94. The van der Waals surface area contributed by atoms with Crippen LogP contribution in [0.2, 0.25) is 0 Å². The molecule has 90 valence electrons. The first-order chi connectivity index (χ1) is 7.95. The molecule has 1 N–H and O–H groups in total. The molecule has 2 heterocycles.